The lowest BCUT2D eigenvalue weighted by molar-refractivity contribution is -0.666. The van der Waals surface area contributed by atoms with E-state index in [1.54, 1.807) is 31.2 Å². The Balaban J connectivity index is 0.000000482. The summed E-state index contributed by atoms with van der Waals surface area (Å²) in [4.78, 5) is 24.7. The van der Waals surface area contributed by atoms with Gasteiger partial charge in [0.2, 0.25) is 12.1 Å². The summed E-state index contributed by atoms with van der Waals surface area (Å²) >= 11 is 0.737. The van der Waals surface area contributed by atoms with Gasteiger partial charge in [-0.1, -0.05) is 6.07 Å². The van der Waals surface area contributed by atoms with Crippen LogP contribution in [-0.4, -0.2) is 36.2 Å². The minimum Gasteiger partial charge on any atom is -0.741 e. The van der Waals surface area contributed by atoms with Gasteiger partial charge in [0.25, 0.3) is 5.91 Å². The molecule has 9 nitrogen and oxygen atoms in total. The Labute approximate surface area is 233 Å². The van der Waals surface area contributed by atoms with E-state index in [0.29, 0.717) is 30.1 Å². The van der Waals surface area contributed by atoms with Crippen molar-refractivity contribution >= 4 is 55.6 Å². The maximum absolute atomic E-state index is 12.8. The second-order valence-electron chi connectivity index (χ2n) is 8.37. The van der Waals surface area contributed by atoms with Gasteiger partial charge in [-0.2, -0.15) is 17.7 Å². The minimum atomic E-state index is -6.09. The van der Waals surface area contributed by atoms with Gasteiger partial charge in [0.15, 0.2) is 15.8 Å². The number of amides is 2. The first-order valence-corrected chi connectivity index (χ1v) is 13.9. The maximum Gasteiger partial charge on any atom is 0.485 e. The van der Waals surface area contributed by atoms with Crippen LogP contribution in [0.1, 0.15) is 35.0 Å². The number of carbonyl (C=O) groups excluding carboxylic acids is 2. The largest absolute Gasteiger partial charge is 0.741 e. The Morgan fingerprint density at radius 1 is 1.12 bits per heavy atom. The fourth-order valence-electron chi connectivity index (χ4n) is 4.01. The van der Waals surface area contributed by atoms with Crippen molar-refractivity contribution < 1.29 is 44.5 Å². The van der Waals surface area contributed by atoms with Crippen LogP contribution in [-0.2, 0) is 33.7 Å². The van der Waals surface area contributed by atoms with Gasteiger partial charge in [-0.25, -0.2) is 8.42 Å². The number of terminal acetylenes is 1. The number of aryl methyl sites for hydroxylation is 1. The number of alkyl halides is 3. The lowest BCUT2D eigenvalue weighted by Crippen LogP contribution is -2.38. The van der Waals surface area contributed by atoms with E-state index < -0.39 is 15.6 Å². The normalized spacial score (nSPS) is 12.6. The van der Waals surface area contributed by atoms with Gasteiger partial charge < -0.3 is 19.4 Å². The number of rotatable bonds is 6. The lowest BCUT2D eigenvalue weighted by Gasteiger charge is -2.10. The molecule has 0 saturated heterocycles. The summed E-state index contributed by atoms with van der Waals surface area (Å²) in [6, 6.07) is 14.9. The van der Waals surface area contributed by atoms with Gasteiger partial charge in [-0.15, -0.1) is 6.42 Å². The van der Waals surface area contributed by atoms with Crippen LogP contribution in [0, 0.1) is 12.3 Å². The SMILES string of the molecule is C#CC[n+]1c2c(cc3cc(NC(=O)c4cccc(NC(=O)SOCC)c4)ccc31)CCC2.O=S(=O)([O-])C(F)(F)F. The average molecular weight is 596 g/mol. The van der Waals surface area contributed by atoms with Crippen molar-refractivity contribution in [3.05, 3.63) is 65.4 Å². The fraction of sp³-hybridized carbons (Fsp3) is 0.269. The summed E-state index contributed by atoms with van der Waals surface area (Å²) in [6.45, 7) is 2.77. The molecule has 14 heteroatoms. The fourth-order valence-corrected chi connectivity index (χ4v) is 4.39. The van der Waals surface area contributed by atoms with Gasteiger partial charge in [0.1, 0.15) is 0 Å². The Bertz CT molecular complexity index is 1570. The summed E-state index contributed by atoms with van der Waals surface area (Å²) in [7, 11) is -6.09. The first-order chi connectivity index (χ1) is 18.8. The summed E-state index contributed by atoms with van der Waals surface area (Å²) in [6.07, 6.45) is 8.84. The number of benzene rings is 2. The van der Waals surface area contributed by atoms with E-state index in [-0.39, 0.29) is 11.1 Å². The molecule has 212 valence electrons. The molecule has 0 bridgehead atoms. The molecule has 2 amide bonds. The molecule has 2 N–H and O–H groups in total. The zero-order chi connectivity index (χ0) is 29.5. The molecular formula is C26H24F3N3O6S2. The van der Waals surface area contributed by atoms with Crippen molar-refractivity contribution in [2.75, 3.05) is 17.2 Å². The molecule has 0 fully saturated rings. The number of pyridine rings is 1. The number of aromatic nitrogens is 1. The van der Waals surface area contributed by atoms with E-state index in [2.05, 4.69) is 27.2 Å². The Morgan fingerprint density at radius 3 is 2.48 bits per heavy atom. The van der Waals surface area contributed by atoms with Crippen LogP contribution in [0.3, 0.4) is 0 Å². The van der Waals surface area contributed by atoms with Gasteiger partial charge in [-0.05, 0) is 62.1 Å². The number of halogens is 3. The smallest absolute Gasteiger partial charge is 0.485 e. The lowest BCUT2D eigenvalue weighted by atomic mass is 10.1. The Hall–Kier alpha value is -3.64. The van der Waals surface area contributed by atoms with E-state index in [4.69, 9.17) is 23.6 Å². The van der Waals surface area contributed by atoms with Gasteiger partial charge in [-0.3, -0.25) is 9.59 Å². The molecule has 0 spiro atoms. The molecule has 0 radical (unpaired) electrons. The predicted molar refractivity (Wildman–Crippen MR) is 143 cm³/mol. The minimum absolute atomic E-state index is 0.254. The van der Waals surface area contributed by atoms with Crippen LogP contribution in [0.25, 0.3) is 10.9 Å². The van der Waals surface area contributed by atoms with Crippen LogP contribution in [0.5, 0.6) is 0 Å². The molecule has 0 aliphatic heterocycles. The van der Waals surface area contributed by atoms with E-state index >= 15 is 0 Å². The molecule has 1 aliphatic carbocycles. The molecule has 0 unspecified atom stereocenters. The molecule has 1 aromatic heterocycles. The van der Waals surface area contributed by atoms with Crippen LogP contribution in [0.15, 0.2) is 48.5 Å². The van der Waals surface area contributed by atoms with Crippen molar-refractivity contribution in [2.24, 2.45) is 0 Å². The first kappa shape index (κ1) is 30.9. The molecule has 4 rings (SSSR count). The molecule has 0 atom stereocenters. The third-order valence-corrected chi connectivity index (χ3v) is 6.79. The third-order valence-electron chi connectivity index (χ3n) is 5.62. The highest BCUT2D eigenvalue weighted by molar-refractivity contribution is 8.09. The molecule has 1 aliphatic rings. The Kier molecular flexibility index (Phi) is 10.2. The number of hydrogen-bond donors (Lipinski definition) is 2. The van der Waals surface area contributed by atoms with Crippen molar-refractivity contribution in [1.29, 1.82) is 0 Å². The van der Waals surface area contributed by atoms with E-state index in [9.17, 15) is 22.8 Å². The highest BCUT2D eigenvalue weighted by atomic mass is 32.2. The predicted octanol–water partition coefficient (Wildman–Crippen LogP) is 4.77. The molecule has 1 heterocycles. The van der Waals surface area contributed by atoms with Crippen molar-refractivity contribution in [2.45, 2.75) is 38.2 Å². The number of carbonyl (C=O) groups is 2. The number of nitrogens with one attached hydrogen (secondary N) is 2. The number of anilines is 2. The van der Waals surface area contributed by atoms with Crippen LogP contribution >= 0.6 is 12.0 Å². The standard InChI is InChI=1S/C25H23N3O3S.CHF3O3S/c1-3-13-28-22-10-6-7-17(22)14-19-16-21(11-12-23(19)28)26-24(29)18-8-5-9-20(15-18)27-25(30)32-31-4-2;2-1(3,4)8(5,6)7/h1,5,8-9,11-12,14-16H,4,6-7,10,13H2,2H3,(H-,26,27,29,30);(H,5,6,7). The van der Waals surface area contributed by atoms with Crippen molar-refractivity contribution in [3.8, 4) is 12.3 Å². The summed E-state index contributed by atoms with van der Waals surface area (Å²) in [5.41, 5.74) is -0.266. The second kappa shape index (κ2) is 13.1. The Morgan fingerprint density at radius 2 is 1.82 bits per heavy atom. The summed E-state index contributed by atoms with van der Waals surface area (Å²) in [5, 5.41) is 6.36. The van der Waals surface area contributed by atoms with Crippen LogP contribution < -0.4 is 15.2 Å². The molecule has 2 aromatic carbocycles. The maximum atomic E-state index is 12.8. The third kappa shape index (κ3) is 7.95. The van der Waals surface area contributed by atoms with E-state index in [0.717, 1.165) is 42.2 Å². The quantitative estimate of drug-likeness (QED) is 0.138. The summed E-state index contributed by atoms with van der Waals surface area (Å²) < 4.78 is 66.1. The van der Waals surface area contributed by atoms with Crippen molar-refractivity contribution in [3.63, 3.8) is 0 Å². The zero-order valence-electron chi connectivity index (χ0n) is 21.1. The number of hydrogen-bond acceptors (Lipinski definition) is 7. The topological polar surface area (TPSA) is 129 Å². The number of nitrogens with zero attached hydrogens (tertiary/aromatic N) is 1. The molecule has 0 saturated carbocycles. The monoisotopic (exact) mass is 595 g/mol. The van der Waals surface area contributed by atoms with Crippen LogP contribution in [0.2, 0.25) is 0 Å². The second-order valence-corrected chi connectivity index (χ2v) is 10.5. The first-order valence-electron chi connectivity index (χ1n) is 11.8. The van der Waals surface area contributed by atoms with Gasteiger partial charge >= 0.3 is 10.7 Å². The number of fused-ring (bicyclic) bond motifs is 2. The van der Waals surface area contributed by atoms with Crippen LogP contribution in [0.4, 0.5) is 29.3 Å². The highest BCUT2D eigenvalue weighted by Crippen LogP contribution is 2.26. The van der Waals surface area contributed by atoms with Gasteiger partial charge in [0, 0.05) is 40.4 Å². The molecular weight excluding hydrogens is 571 g/mol. The summed E-state index contributed by atoms with van der Waals surface area (Å²) in [5.74, 6) is 2.50. The molecule has 40 heavy (non-hydrogen) atoms. The van der Waals surface area contributed by atoms with E-state index in [1.807, 2.05) is 18.2 Å². The zero-order valence-corrected chi connectivity index (χ0v) is 22.7. The van der Waals surface area contributed by atoms with E-state index in [1.165, 1.54) is 11.3 Å². The average Bonchev–Trinajstić information content (AvgIpc) is 3.35. The van der Waals surface area contributed by atoms with Gasteiger partial charge in [0.05, 0.1) is 18.6 Å². The molecule has 3 aromatic rings. The highest BCUT2D eigenvalue weighted by Gasteiger charge is 2.37. The van der Waals surface area contributed by atoms with Crippen molar-refractivity contribution in [1.82, 2.24) is 0 Å².